The summed E-state index contributed by atoms with van der Waals surface area (Å²) in [7, 11) is 1.77. The van der Waals surface area contributed by atoms with Gasteiger partial charge in [0.1, 0.15) is 17.7 Å². The molecule has 0 bridgehead atoms. The summed E-state index contributed by atoms with van der Waals surface area (Å²) in [4.78, 5) is 19.1. The van der Waals surface area contributed by atoms with Crippen LogP contribution in [0.4, 0.5) is 10.2 Å². The number of nitrogens with one attached hydrogen (secondary N) is 1. The molecule has 8 nitrogen and oxygen atoms in total. The van der Waals surface area contributed by atoms with E-state index in [4.69, 9.17) is 9.72 Å². The van der Waals surface area contributed by atoms with E-state index in [2.05, 4.69) is 22.5 Å². The monoisotopic (exact) mass is 537 g/mol. The Kier molecular flexibility index (Phi) is 7.91. The molecule has 3 aromatic rings. The van der Waals surface area contributed by atoms with Crippen LogP contribution < -0.4 is 5.32 Å². The maximum absolute atomic E-state index is 14.6. The number of halogens is 1. The Morgan fingerprint density at radius 3 is 2.77 bits per heavy atom. The summed E-state index contributed by atoms with van der Waals surface area (Å²) in [6, 6.07) is 6.19. The number of carbonyl (C=O) groups is 1. The highest BCUT2D eigenvalue weighted by Gasteiger charge is 2.40. The quantitative estimate of drug-likeness (QED) is 0.352. The van der Waals surface area contributed by atoms with Crippen LogP contribution in [0.2, 0.25) is 0 Å². The van der Waals surface area contributed by atoms with Crippen LogP contribution in [0.3, 0.4) is 0 Å². The van der Waals surface area contributed by atoms with Gasteiger partial charge in [-0.05, 0) is 61.4 Å². The number of likely N-dealkylation sites (tertiary alicyclic amines) is 1. The molecule has 1 atom stereocenters. The third-order valence-electron chi connectivity index (χ3n) is 7.81. The zero-order valence-corrected chi connectivity index (χ0v) is 23.5. The van der Waals surface area contributed by atoms with Gasteiger partial charge in [0.15, 0.2) is 0 Å². The van der Waals surface area contributed by atoms with E-state index in [0.717, 1.165) is 61.2 Å². The molecule has 1 unspecified atom stereocenters. The highest BCUT2D eigenvalue weighted by molar-refractivity contribution is 5.91. The van der Waals surface area contributed by atoms with Crippen molar-refractivity contribution in [2.24, 2.45) is 7.05 Å². The van der Waals surface area contributed by atoms with E-state index in [-0.39, 0.29) is 11.5 Å². The summed E-state index contributed by atoms with van der Waals surface area (Å²) in [5.74, 6) is -0.397. The number of pyridine rings is 1. The van der Waals surface area contributed by atoms with E-state index in [1.165, 1.54) is 24.1 Å². The van der Waals surface area contributed by atoms with Crippen molar-refractivity contribution in [3.05, 3.63) is 52.6 Å². The molecule has 0 saturated carbocycles. The van der Waals surface area contributed by atoms with Crippen LogP contribution >= 0.6 is 0 Å². The number of carboxylic acids is 1. The molecule has 210 valence electrons. The van der Waals surface area contributed by atoms with E-state index in [9.17, 15) is 14.3 Å². The molecule has 2 aliphatic rings. The van der Waals surface area contributed by atoms with E-state index in [1.807, 2.05) is 25.7 Å². The Labute approximate surface area is 229 Å². The van der Waals surface area contributed by atoms with Crippen molar-refractivity contribution in [1.82, 2.24) is 19.7 Å². The number of fused-ring (bicyclic) bond motifs is 2. The minimum atomic E-state index is -0.991. The Morgan fingerprint density at radius 1 is 1.23 bits per heavy atom. The summed E-state index contributed by atoms with van der Waals surface area (Å²) in [5.41, 5.74) is 3.97. The Bertz CT molecular complexity index is 1340. The second-order valence-electron chi connectivity index (χ2n) is 12.0. The Morgan fingerprint density at radius 2 is 2.03 bits per heavy atom. The summed E-state index contributed by atoms with van der Waals surface area (Å²) < 4.78 is 22.3. The average molecular weight is 538 g/mol. The highest BCUT2D eigenvalue weighted by Crippen LogP contribution is 2.38. The first kappa shape index (κ1) is 27.5. The van der Waals surface area contributed by atoms with Crippen molar-refractivity contribution in [3.63, 3.8) is 0 Å². The number of ether oxygens (including phenoxy) is 1. The first-order valence-corrected chi connectivity index (χ1v) is 14.1. The van der Waals surface area contributed by atoms with Gasteiger partial charge < -0.3 is 15.2 Å². The number of anilines is 1. The maximum atomic E-state index is 14.6. The molecule has 1 aromatic carbocycles. The largest absolute Gasteiger partial charge is 0.480 e. The lowest BCUT2D eigenvalue weighted by Gasteiger charge is -2.42. The molecule has 1 saturated heterocycles. The molecule has 2 aromatic heterocycles. The molecule has 4 heterocycles. The molecule has 0 spiro atoms. The van der Waals surface area contributed by atoms with Gasteiger partial charge in [0, 0.05) is 49.8 Å². The molecule has 39 heavy (non-hydrogen) atoms. The van der Waals surface area contributed by atoms with Gasteiger partial charge in [-0.1, -0.05) is 33.3 Å². The number of rotatable bonds is 10. The van der Waals surface area contributed by atoms with Crippen LogP contribution in [-0.4, -0.2) is 63.1 Å². The van der Waals surface area contributed by atoms with E-state index < -0.39 is 17.8 Å². The second-order valence-corrected chi connectivity index (χ2v) is 12.0. The zero-order chi connectivity index (χ0) is 27.7. The molecule has 5 rings (SSSR count). The van der Waals surface area contributed by atoms with E-state index in [0.29, 0.717) is 30.8 Å². The fourth-order valence-corrected chi connectivity index (χ4v) is 5.74. The molecule has 1 fully saturated rings. The molecular weight excluding hydrogens is 497 g/mol. The summed E-state index contributed by atoms with van der Waals surface area (Å²) in [6.45, 7) is 8.76. The number of aromatic nitrogens is 3. The first-order valence-electron chi connectivity index (χ1n) is 14.1. The van der Waals surface area contributed by atoms with Crippen LogP contribution in [0.1, 0.15) is 75.0 Å². The minimum Gasteiger partial charge on any atom is -0.480 e. The zero-order valence-electron chi connectivity index (χ0n) is 23.5. The topological polar surface area (TPSA) is 92.5 Å². The van der Waals surface area contributed by atoms with Crippen LogP contribution in [0.25, 0.3) is 10.9 Å². The lowest BCUT2D eigenvalue weighted by atomic mass is 9.86. The van der Waals surface area contributed by atoms with Crippen molar-refractivity contribution in [2.75, 3.05) is 31.6 Å². The molecule has 2 N–H and O–H groups in total. The summed E-state index contributed by atoms with van der Waals surface area (Å²) in [6.07, 6.45) is 6.28. The number of unbranched alkanes of at least 4 members (excludes halogenated alkanes) is 2. The first-order chi connectivity index (χ1) is 18.6. The number of aryl methyl sites for hydroxylation is 3. The van der Waals surface area contributed by atoms with Crippen molar-refractivity contribution in [1.29, 1.82) is 0 Å². The van der Waals surface area contributed by atoms with Gasteiger partial charge in [0.25, 0.3) is 0 Å². The molecule has 2 aliphatic heterocycles. The summed E-state index contributed by atoms with van der Waals surface area (Å²) >= 11 is 0. The molecule has 9 heteroatoms. The van der Waals surface area contributed by atoms with Gasteiger partial charge in [-0.25, -0.2) is 9.37 Å². The number of hydrogen-bond donors (Lipinski definition) is 2. The van der Waals surface area contributed by atoms with Crippen molar-refractivity contribution in [3.8, 4) is 0 Å². The van der Waals surface area contributed by atoms with Crippen LogP contribution in [-0.2, 0) is 34.8 Å². The van der Waals surface area contributed by atoms with Crippen molar-refractivity contribution in [2.45, 2.75) is 76.9 Å². The lowest BCUT2D eigenvalue weighted by Crippen LogP contribution is -2.55. The Balaban J connectivity index is 1.14. The fourth-order valence-electron chi connectivity index (χ4n) is 5.74. The van der Waals surface area contributed by atoms with E-state index in [1.54, 1.807) is 11.7 Å². The SMILES string of the molecule is Cn1nc(C(C)(C)C)c2c(C(C(=O)O)N3CC(OCCCCCc4ccc5c(n4)NCCC5)C3)cc(F)cc21. The fraction of sp³-hybridized carbons (Fsp3) is 0.567. The van der Waals surface area contributed by atoms with Crippen LogP contribution in [0.5, 0.6) is 0 Å². The number of hydrogen-bond acceptors (Lipinski definition) is 6. The van der Waals surface area contributed by atoms with Gasteiger partial charge in [-0.15, -0.1) is 0 Å². The minimum absolute atomic E-state index is 0.0136. The molecule has 0 amide bonds. The smallest absolute Gasteiger partial charge is 0.325 e. The average Bonchev–Trinajstić information content (AvgIpc) is 3.20. The lowest BCUT2D eigenvalue weighted by molar-refractivity contribution is -0.150. The maximum Gasteiger partial charge on any atom is 0.325 e. The summed E-state index contributed by atoms with van der Waals surface area (Å²) in [5, 5.41) is 18.9. The predicted molar refractivity (Wildman–Crippen MR) is 150 cm³/mol. The van der Waals surface area contributed by atoms with Crippen molar-refractivity contribution >= 4 is 22.7 Å². The number of benzene rings is 1. The van der Waals surface area contributed by atoms with Gasteiger partial charge in [-0.2, -0.15) is 5.10 Å². The van der Waals surface area contributed by atoms with Gasteiger partial charge >= 0.3 is 5.97 Å². The molecular formula is C30H40FN5O3. The van der Waals surface area contributed by atoms with Crippen LogP contribution in [0.15, 0.2) is 24.3 Å². The normalized spacial score (nSPS) is 17.1. The standard InChI is InChI=1S/C30H40FN5O3/c1-30(2,3)27-25-23(15-20(31)16-24(25)35(4)34-27)26(29(37)38)36-17-22(18-36)39-14-7-5-6-10-21-12-11-19-9-8-13-32-28(19)33-21/h11-12,15-16,22,26H,5-10,13-14,17-18H2,1-4H3,(H,32,33)(H,37,38). The Hall–Kier alpha value is -3.04. The molecule has 0 aliphatic carbocycles. The number of carboxylic acid groups (broad SMARTS) is 1. The second kappa shape index (κ2) is 11.2. The third kappa shape index (κ3) is 5.94. The van der Waals surface area contributed by atoms with Crippen LogP contribution in [0, 0.1) is 5.82 Å². The highest BCUT2D eigenvalue weighted by atomic mass is 19.1. The predicted octanol–water partition coefficient (Wildman–Crippen LogP) is 5.00. The number of nitrogens with zero attached hydrogens (tertiary/aromatic N) is 4. The van der Waals surface area contributed by atoms with Gasteiger partial charge in [0.2, 0.25) is 0 Å². The van der Waals surface area contributed by atoms with Gasteiger partial charge in [-0.3, -0.25) is 14.4 Å². The van der Waals surface area contributed by atoms with Crippen molar-refractivity contribution < 1.29 is 19.0 Å². The number of aliphatic carboxylic acids is 1. The molecule has 0 radical (unpaired) electrons. The third-order valence-corrected chi connectivity index (χ3v) is 7.81. The van der Waals surface area contributed by atoms with Gasteiger partial charge in [0.05, 0.1) is 17.3 Å². The van der Waals surface area contributed by atoms with E-state index >= 15 is 0 Å².